The summed E-state index contributed by atoms with van der Waals surface area (Å²) in [5.74, 6) is 3.21. The number of hydrogen-bond donors (Lipinski definition) is 3. The summed E-state index contributed by atoms with van der Waals surface area (Å²) in [6.45, 7) is 1.09. The van der Waals surface area contributed by atoms with Gasteiger partial charge in [0.05, 0.1) is 6.10 Å². The molecule has 1 atom stereocenters. The predicted octanol–water partition coefficient (Wildman–Crippen LogP) is -1.73. The Bertz CT molecular complexity index is 201. The van der Waals surface area contributed by atoms with Crippen LogP contribution in [-0.2, 0) is 14.3 Å². The van der Waals surface area contributed by atoms with Gasteiger partial charge in [-0.25, -0.2) is 5.84 Å². The van der Waals surface area contributed by atoms with Crippen LogP contribution in [0.1, 0.15) is 12.8 Å². The van der Waals surface area contributed by atoms with Crippen LogP contribution in [0, 0.1) is 0 Å². The molecule has 0 aromatic heterocycles. The van der Waals surface area contributed by atoms with Gasteiger partial charge in [-0.2, -0.15) is 0 Å². The average molecular weight is 187 g/mol. The van der Waals surface area contributed by atoms with Crippen molar-refractivity contribution in [2.75, 3.05) is 13.2 Å². The van der Waals surface area contributed by atoms with E-state index in [0.29, 0.717) is 6.54 Å². The van der Waals surface area contributed by atoms with E-state index in [1.165, 1.54) is 0 Å². The topological polar surface area (TPSA) is 93.5 Å². The Kier molecular flexibility index (Phi) is 3.66. The number of nitrogens with two attached hydrogens (primary N) is 1. The Morgan fingerprint density at radius 3 is 2.77 bits per heavy atom. The van der Waals surface area contributed by atoms with Gasteiger partial charge in [0.25, 0.3) is 0 Å². The molecule has 0 aromatic rings. The van der Waals surface area contributed by atoms with E-state index >= 15 is 0 Å². The number of carbonyl (C=O) groups excluding carboxylic acids is 2. The molecule has 13 heavy (non-hydrogen) atoms. The number of hydrogen-bond acceptors (Lipinski definition) is 4. The fourth-order valence-electron chi connectivity index (χ4n) is 1.16. The molecule has 6 heteroatoms. The van der Waals surface area contributed by atoms with E-state index in [1.54, 1.807) is 5.43 Å². The molecule has 0 saturated carbocycles. The first-order valence-electron chi connectivity index (χ1n) is 4.14. The highest BCUT2D eigenvalue weighted by Gasteiger charge is 2.18. The zero-order chi connectivity index (χ0) is 9.68. The monoisotopic (exact) mass is 187 g/mol. The fourth-order valence-corrected chi connectivity index (χ4v) is 1.16. The number of carbonyl (C=O) groups is 2. The molecule has 74 valence electrons. The van der Waals surface area contributed by atoms with Crippen LogP contribution in [0.3, 0.4) is 0 Å². The lowest BCUT2D eigenvalue weighted by atomic mass is 10.2. The van der Waals surface area contributed by atoms with E-state index in [1.807, 2.05) is 0 Å². The third-order valence-electron chi connectivity index (χ3n) is 1.85. The van der Waals surface area contributed by atoms with Crippen LogP contribution < -0.4 is 16.6 Å². The molecular weight excluding hydrogens is 174 g/mol. The maximum absolute atomic E-state index is 10.9. The van der Waals surface area contributed by atoms with Gasteiger partial charge in [0.15, 0.2) is 0 Å². The number of hydrazine groups is 1. The quantitative estimate of drug-likeness (QED) is 0.207. The summed E-state index contributed by atoms with van der Waals surface area (Å²) in [4.78, 5) is 21.5. The third-order valence-corrected chi connectivity index (χ3v) is 1.85. The van der Waals surface area contributed by atoms with Gasteiger partial charge >= 0.3 is 11.8 Å². The van der Waals surface area contributed by atoms with Gasteiger partial charge in [-0.1, -0.05) is 0 Å². The van der Waals surface area contributed by atoms with Gasteiger partial charge < -0.3 is 10.1 Å². The second-order valence-corrected chi connectivity index (χ2v) is 2.82. The van der Waals surface area contributed by atoms with Crippen LogP contribution in [0.4, 0.5) is 0 Å². The van der Waals surface area contributed by atoms with Crippen LogP contribution in [-0.4, -0.2) is 31.1 Å². The lowest BCUT2D eigenvalue weighted by molar-refractivity contribution is -0.139. The van der Waals surface area contributed by atoms with Crippen molar-refractivity contribution in [2.24, 2.45) is 5.84 Å². The summed E-state index contributed by atoms with van der Waals surface area (Å²) >= 11 is 0. The van der Waals surface area contributed by atoms with Crippen molar-refractivity contribution in [3.63, 3.8) is 0 Å². The summed E-state index contributed by atoms with van der Waals surface area (Å²) in [5.41, 5.74) is 1.75. The number of nitrogens with one attached hydrogen (secondary N) is 2. The molecule has 1 fully saturated rings. The molecule has 0 unspecified atom stereocenters. The first-order valence-corrected chi connectivity index (χ1v) is 4.14. The molecule has 6 nitrogen and oxygen atoms in total. The summed E-state index contributed by atoms with van der Waals surface area (Å²) in [7, 11) is 0. The lowest BCUT2D eigenvalue weighted by Gasteiger charge is -2.09. The van der Waals surface area contributed by atoms with E-state index < -0.39 is 11.8 Å². The van der Waals surface area contributed by atoms with Crippen LogP contribution in [0.2, 0.25) is 0 Å². The number of amides is 2. The first-order chi connectivity index (χ1) is 6.24. The molecular formula is C7H13N3O3. The van der Waals surface area contributed by atoms with E-state index in [0.717, 1.165) is 19.4 Å². The number of ether oxygens (including phenoxy) is 1. The van der Waals surface area contributed by atoms with Crippen molar-refractivity contribution in [3.05, 3.63) is 0 Å². The van der Waals surface area contributed by atoms with Gasteiger partial charge in [-0.15, -0.1) is 0 Å². The summed E-state index contributed by atoms with van der Waals surface area (Å²) in [6.07, 6.45) is 1.96. The minimum atomic E-state index is -0.835. The Morgan fingerprint density at radius 2 is 2.23 bits per heavy atom. The zero-order valence-electron chi connectivity index (χ0n) is 7.21. The Balaban J connectivity index is 2.17. The zero-order valence-corrected chi connectivity index (χ0v) is 7.21. The van der Waals surface area contributed by atoms with E-state index in [-0.39, 0.29) is 6.10 Å². The molecule has 4 N–H and O–H groups in total. The highest BCUT2D eigenvalue weighted by Crippen LogP contribution is 2.10. The predicted molar refractivity (Wildman–Crippen MR) is 44.3 cm³/mol. The first kappa shape index (κ1) is 9.94. The average Bonchev–Trinajstić information content (AvgIpc) is 2.65. The second-order valence-electron chi connectivity index (χ2n) is 2.82. The summed E-state index contributed by atoms with van der Waals surface area (Å²) < 4.78 is 5.24. The van der Waals surface area contributed by atoms with Crippen LogP contribution in [0.25, 0.3) is 0 Å². The van der Waals surface area contributed by atoms with Crippen molar-refractivity contribution in [1.82, 2.24) is 10.7 Å². The molecule has 1 aliphatic rings. The van der Waals surface area contributed by atoms with Gasteiger partial charge in [0.2, 0.25) is 0 Å². The van der Waals surface area contributed by atoms with Gasteiger partial charge in [-0.3, -0.25) is 15.0 Å². The largest absolute Gasteiger partial charge is 0.376 e. The maximum Gasteiger partial charge on any atom is 0.323 e. The van der Waals surface area contributed by atoms with Gasteiger partial charge in [0.1, 0.15) is 0 Å². The molecule has 0 spiro atoms. The summed E-state index contributed by atoms with van der Waals surface area (Å²) in [5, 5.41) is 2.42. The fraction of sp³-hybridized carbons (Fsp3) is 0.714. The molecule has 1 heterocycles. The maximum atomic E-state index is 10.9. The molecule has 2 amide bonds. The third kappa shape index (κ3) is 3.00. The molecule has 1 saturated heterocycles. The van der Waals surface area contributed by atoms with Gasteiger partial charge in [-0.05, 0) is 12.8 Å². The molecule has 0 aliphatic carbocycles. The number of rotatable bonds is 2. The van der Waals surface area contributed by atoms with Crippen molar-refractivity contribution < 1.29 is 14.3 Å². The summed E-state index contributed by atoms with van der Waals surface area (Å²) in [6, 6.07) is 0. The van der Waals surface area contributed by atoms with E-state index in [9.17, 15) is 9.59 Å². The van der Waals surface area contributed by atoms with E-state index in [4.69, 9.17) is 10.6 Å². The van der Waals surface area contributed by atoms with Crippen LogP contribution in [0.15, 0.2) is 0 Å². The van der Waals surface area contributed by atoms with Crippen molar-refractivity contribution in [1.29, 1.82) is 0 Å². The lowest BCUT2D eigenvalue weighted by Crippen LogP contribution is -2.45. The molecule has 0 aromatic carbocycles. The Labute approximate surface area is 75.8 Å². The van der Waals surface area contributed by atoms with Gasteiger partial charge in [0, 0.05) is 13.2 Å². The second kappa shape index (κ2) is 4.78. The highest BCUT2D eigenvalue weighted by molar-refractivity contribution is 6.34. The standard InChI is InChI=1S/C7H13N3O3/c8-10-7(12)6(11)9-4-5-2-1-3-13-5/h5H,1-4,8H2,(H,9,11)(H,10,12)/t5-/m0/s1. The molecule has 1 rings (SSSR count). The van der Waals surface area contributed by atoms with Crippen molar-refractivity contribution >= 4 is 11.8 Å². The molecule has 0 radical (unpaired) electrons. The van der Waals surface area contributed by atoms with Crippen molar-refractivity contribution in [2.45, 2.75) is 18.9 Å². The molecule has 1 aliphatic heterocycles. The minimum absolute atomic E-state index is 0.0366. The van der Waals surface area contributed by atoms with Crippen LogP contribution in [0.5, 0.6) is 0 Å². The Morgan fingerprint density at radius 1 is 1.46 bits per heavy atom. The highest BCUT2D eigenvalue weighted by atomic mass is 16.5. The Hall–Kier alpha value is -1.14. The smallest absolute Gasteiger partial charge is 0.323 e. The van der Waals surface area contributed by atoms with Crippen molar-refractivity contribution in [3.8, 4) is 0 Å². The van der Waals surface area contributed by atoms with E-state index in [2.05, 4.69) is 5.32 Å². The molecule has 0 bridgehead atoms. The minimum Gasteiger partial charge on any atom is -0.376 e. The van der Waals surface area contributed by atoms with Crippen LogP contribution >= 0.6 is 0 Å². The normalized spacial score (nSPS) is 21.2. The SMILES string of the molecule is NNC(=O)C(=O)NC[C@@H]1CCCO1.